The van der Waals surface area contributed by atoms with Crippen molar-refractivity contribution in [3.8, 4) is 11.4 Å². The SMILES string of the molecule is CCNC(=O)Nc1ccc(-c2nc3c(c(N4CCOC[C@@H]4C)n2)CN(C(=O)C(C)(C)C)C3)cc1. The lowest BCUT2D eigenvalue weighted by molar-refractivity contribution is -0.140. The van der Waals surface area contributed by atoms with Crippen molar-refractivity contribution in [2.24, 2.45) is 5.41 Å². The highest BCUT2D eigenvalue weighted by Gasteiger charge is 2.36. The molecule has 0 unspecified atom stereocenters. The number of nitrogens with one attached hydrogen (secondary N) is 2. The maximum absolute atomic E-state index is 13.0. The van der Waals surface area contributed by atoms with E-state index in [1.54, 1.807) is 0 Å². The van der Waals surface area contributed by atoms with Gasteiger partial charge in [-0.2, -0.15) is 0 Å². The standard InChI is InChI=1S/C25H34N6O3/c1-6-26-24(33)27-18-9-7-17(8-10-18)21-28-20-14-30(23(32)25(3,4)5)13-19(20)22(29-21)31-11-12-34-15-16(31)2/h7-10,16H,6,11-15H2,1-5H3,(H2,26,27,33)/t16-/m0/s1. The molecule has 0 spiro atoms. The summed E-state index contributed by atoms with van der Waals surface area (Å²) >= 11 is 0. The number of hydrogen-bond donors (Lipinski definition) is 2. The molecule has 0 radical (unpaired) electrons. The van der Waals surface area contributed by atoms with Crippen molar-refractivity contribution in [2.75, 3.05) is 36.5 Å². The first-order valence-electron chi connectivity index (χ1n) is 11.9. The Kier molecular flexibility index (Phi) is 6.74. The van der Waals surface area contributed by atoms with Crippen LogP contribution in [0.25, 0.3) is 11.4 Å². The summed E-state index contributed by atoms with van der Waals surface area (Å²) < 4.78 is 5.64. The van der Waals surface area contributed by atoms with Crippen LogP contribution in [0.2, 0.25) is 0 Å². The first-order valence-corrected chi connectivity index (χ1v) is 11.9. The van der Waals surface area contributed by atoms with Crippen molar-refractivity contribution in [2.45, 2.75) is 53.8 Å². The van der Waals surface area contributed by atoms with Crippen molar-refractivity contribution in [1.29, 1.82) is 0 Å². The van der Waals surface area contributed by atoms with Crippen LogP contribution in [-0.2, 0) is 22.6 Å². The molecule has 2 aromatic rings. The number of hydrogen-bond acceptors (Lipinski definition) is 6. The summed E-state index contributed by atoms with van der Waals surface area (Å²) in [5.41, 5.74) is 3.00. The Bertz CT molecular complexity index is 1060. The van der Waals surface area contributed by atoms with Crippen LogP contribution in [-0.4, -0.2) is 59.2 Å². The molecule has 1 aromatic carbocycles. The Labute approximate surface area is 200 Å². The van der Waals surface area contributed by atoms with Gasteiger partial charge in [-0.15, -0.1) is 0 Å². The molecule has 0 saturated carbocycles. The number of morpholine rings is 1. The van der Waals surface area contributed by atoms with Crippen molar-refractivity contribution in [3.63, 3.8) is 0 Å². The average molecular weight is 467 g/mol. The Morgan fingerprint density at radius 2 is 1.88 bits per heavy atom. The van der Waals surface area contributed by atoms with Gasteiger partial charge in [0.1, 0.15) is 5.82 Å². The first kappa shape index (κ1) is 23.9. The van der Waals surface area contributed by atoms with E-state index < -0.39 is 5.41 Å². The van der Waals surface area contributed by atoms with Gasteiger partial charge in [-0.3, -0.25) is 4.79 Å². The summed E-state index contributed by atoms with van der Waals surface area (Å²) in [7, 11) is 0. The molecule has 1 aromatic heterocycles. The van der Waals surface area contributed by atoms with Gasteiger partial charge in [0.15, 0.2) is 5.82 Å². The maximum Gasteiger partial charge on any atom is 0.319 e. The van der Waals surface area contributed by atoms with E-state index in [1.807, 2.05) is 56.9 Å². The van der Waals surface area contributed by atoms with Gasteiger partial charge in [0, 0.05) is 35.3 Å². The van der Waals surface area contributed by atoms with Crippen molar-refractivity contribution in [1.82, 2.24) is 20.2 Å². The number of urea groups is 1. The van der Waals surface area contributed by atoms with E-state index in [9.17, 15) is 9.59 Å². The molecule has 9 nitrogen and oxygen atoms in total. The lowest BCUT2D eigenvalue weighted by Gasteiger charge is -2.35. The fraction of sp³-hybridized carbons (Fsp3) is 0.520. The summed E-state index contributed by atoms with van der Waals surface area (Å²) in [4.78, 5) is 38.8. The van der Waals surface area contributed by atoms with Gasteiger partial charge in [0.2, 0.25) is 5.91 Å². The molecule has 0 aliphatic carbocycles. The highest BCUT2D eigenvalue weighted by molar-refractivity contribution is 5.89. The molecule has 2 aliphatic rings. The minimum Gasteiger partial charge on any atom is -0.377 e. The number of carbonyl (C=O) groups excluding carboxylic acids is 2. The molecule has 1 fully saturated rings. The fourth-order valence-electron chi connectivity index (χ4n) is 4.30. The smallest absolute Gasteiger partial charge is 0.319 e. The second kappa shape index (κ2) is 9.58. The number of benzene rings is 1. The molecule has 9 heteroatoms. The molecule has 4 rings (SSSR count). The van der Waals surface area contributed by atoms with Crippen LogP contribution in [0.3, 0.4) is 0 Å². The molecule has 34 heavy (non-hydrogen) atoms. The highest BCUT2D eigenvalue weighted by atomic mass is 16.5. The first-order chi connectivity index (χ1) is 16.2. The number of ether oxygens (including phenoxy) is 1. The van der Waals surface area contributed by atoms with Gasteiger partial charge in [0.25, 0.3) is 0 Å². The van der Waals surface area contributed by atoms with Gasteiger partial charge in [-0.25, -0.2) is 14.8 Å². The molecule has 0 bridgehead atoms. The van der Waals surface area contributed by atoms with Crippen LogP contribution >= 0.6 is 0 Å². The monoisotopic (exact) mass is 466 g/mol. The van der Waals surface area contributed by atoms with E-state index in [2.05, 4.69) is 22.5 Å². The largest absolute Gasteiger partial charge is 0.377 e. The van der Waals surface area contributed by atoms with Crippen LogP contribution in [0.15, 0.2) is 24.3 Å². The summed E-state index contributed by atoms with van der Waals surface area (Å²) in [6, 6.07) is 7.43. The minimum absolute atomic E-state index is 0.105. The van der Waals surface area contributed by atoms with Gasteiger partial charge in [-0.05, 0) is 38.1 Å². The number of fused-ring (bicyclic) bond motifs is 1. The van der Waals surface area contributed by atoms with Crippen LogP contribution in [0.5, 0.6) is 0 Å². The fourth-order valence-corrected chi connectivity index (χ4v) is 4.30. The van der Waals surface area contributed by atoms with Crippen LogP contribution in [0.1, 0.15) is 45.9 Å². The number of nitrogens with zero attached hydrogens (tertiary/aromatic N) is 4. The van der Waals surface area contributed by atoms with Crippen LogP contribution in [0.4, 0.5) is 16.3 Å². The van der Waals surface area contributed by atoms with Gasteiger partial charge in [-0.1, -0.05) is 20.8 Å². The second-order valence-electron chi connectivity index (χ2n) is 9.89. The van der Waals surface area contributed by atoms with E-state index in [-0.39, 0.29) is 18.0 Å². The zero-order chi connectivity index (χ0) is 24.5. The Morgan fingerprint density at radius 3 is 2.53 bits per heavy atom. The van der Waals surface area contributed by atoms with Gasteiger partial charge < -0.3 is 25.2 Å². The molecule has 2 N–H and O–H groups in total. The lowest BCUT2D eigenvalue weighted by atomic mass is 9.95. The third-order valence-corrected chi connectivity index (χ3v) is 6.07. The van der Waals surface area contributed by atoms with Crippen LogP contribution < -0.4 is 15.5 Å². The van der Waals surface area contributed by atoms with Crippen LogP contribution in [0, 0.1) is 5.41 Å². The summed E-state index contributed by atoms with van der Waals surface area (Å²) in [6.07, 6.45) is 0. The highest BCUT2D eigenvalue weighted by Crippen LogP contribution is 2.35. The Balaban J connectivity index is 1.68. The second-order valence-corrected chi connectivity index (χ2v) is 9.89. The maximum atomic E-state index is 13.0. The van der Waals surface area contributed by atoms with Gasteiger partial charge >= 0.3 is 6.03 Å². The number of anilines is 2. The molecule has 3 heterocycles. The number of carbonyl (C=O) groups is 2. The zero-order valence-corrected chi connectivity index (χ0v) is 20.6. The number of aromatic nitrogens is 2. The minimum atomic E-state index is -0.461. The molecule has 2 aliphatic heterocycles. The van der Waals surface area contributed by atoms with Crippen molar-refractivity contribution in [3.05, 3.63) is 35.5 Å². The van der Waals surface area contributed by atoms with Crippen molar-refractivity contribution < 1.29 is 14.3 Å². The van der Waals surface area contributed by atoms with E-state index in [1.165, 1.54) is 0 Å². The third-order valence-electron chi connectivity index (χ3n) is 6.07. The predicted molar refractivity (Wildman–Crippen MR) is 131 cm³/mol. The molecular formula is C25H34N6O3. The lowest BCUT2D eigenvalue weighted by Crippen LogP contribution is -2.44. The van der Waals surface area contributed by atoms with E-state index in [0.717, 1.165) is 29.2 Å². The topological polar surface area (TPSA) is 99.7 Å². The summed E-state index contributed by atoms with van der Waals surface area (Å²) in [5, 5.41) is 5.52. The number of amides is 3. The average Bonchev–Trinajstić information content (AvgIpc) is 3.22. The third kappa shape index (κ3) is 4.99. The van der Waals surface area contributed by atoms with Crippen molar-refractivity contribution >= 4 is 23.4 Å². The molecule has 3 amide bonds. The molecule has 1 atom stereocenters. The Hall–Kier alpha value is -3.20. The predicted octanol–water partition coefficient (Wildman–Crippen LogP) is 3.40. The molecule has 1 saturated heterocycles. The summed E-state index contributed by atoms with van der Waals surface area (Å²) in [6.45, 7) is 13.4. The molecule has 182 valence electrons. The summed E-state index contributed by atoms with van der Waals surface area (Å²) in [5.74, 6) is 1.60. The zero-order valence-electron chi connectivity index (χ0n) is 20.6. The molecular weight excluding hydrogens is 432 g/mol. The van der Waals surface area contributed by atoms with Gasteiger partial charge in [0.05, 0.1) is 38.0 Å². The Morgan fingerprint density at radius 1 is 1.15 bits per heavy atom. The number of rotatable bonds is 4. The quantitative estimate of drug-likeness (QED) is 0.717. The normalized spacial score (nSPS) is 18.0. The van der Waals surface area contributed by atoms with E-state index in [4.69, 9.17) is 14.7 Å². The van der Waals surface area contributed by atoms with E-state index in [0.29, 0.717) is 44.4 Å². The van der Waals surface area contributed by atoms with E-state index >= 15 is 0 Å².